The molecule has 2 aromatic rings. The van der Waals surface area contributed by atoms with Crippen LogP contribution in [0.5, 0.6) is 11.5 Å². The molecule has 2 aromatic carbocycles. The smallest absolute Gasteiger partial charge is 0.142 e. The van der Waals surface area contributed by atoms with E-state index < -0.39 is 0 Å². The number of halogens is 2. The van der Waals surface area contributed by atoms with E-state index >= 15 is 0 Å². The van der Waals surface area contributed by atoms with Crippen LogP contribution in [0.2, 0.25) is 5.02 Å². The minimum atomic E-state index is 0.609. The van der Waals surface area contributed by atoms with Crippen LogP contribution in [0.15, 0.2) is 42.5 Å². The predicted molar refractivity (Wildman–Crippen MR) is 75.4 cm³/mol. The zero-order valence-corrected chi connectivity index (χ0v) is 11.6. The first-order valence-corrected chi connectivity index (χ1v) is 6.28. The molecule has 2 rings (SSSR count). The number of benzene rings is 2. The van der Waals surface area contributed by atoms with Crippen molar-refractivity contribution >= 4 is 34.2 Å². The molecule has 84 valence electrons. The van der Waals surface area contributed by atoms with Gasteiger partial charge in [0.15, 0.2) is 0 Å². The Morgan fingerprint density at radius 1 is 1.12 bits per heavy atom. The van der Waals surface area contributed by atoms with Gasteiger partial charge in [-0.2, -0.15) is 5.26 Å². The summed E-state index contributed by atoms with van der Waals surface area (Å²) in [6, 6.07) is 14.5. The fourth-order valence-electron chi connectivity index (χ4n) is 1.28. The molecule has 0 atom stereocenters. The third-order valence-corrected chi connectivity index (χ3v) is 3.23. The Kier molecular flexibility index (Phi) is 3.87. The number of rotatable bonds is 2. The first-order chi connectivity index (χ1) is 8.19. The summed E-state index contributed by atoms with van der Waals surface area (Å²) in [5, 5.41) is 9.32. The minimum Gasteiger partial charge on any atom is -0.456 e. The Balaban J connectivity index is 2.25. The highest BCUT2D eigenvalue weighted by Crippen LogP contribution is 2.29. The van der Waals surface area contributed by atoms with E-state index in [0.29, 0.717) is 22.1 Å². The highest BCUT2D eigenvalue weighted by Gasteiger charge is 2.03. The minimum absolute atomic E-state index is 0.609. The molecule has 0 bridgehead atoms. The number of ether oxygens (including phenoxy) is 1. The molecule has 0 aliphatic heterocycles. The van der Waals surface area contributed by atoms with Crippen molar-refractivity contribution in [3.63, 3.8) is 0 Å². The van der Waals surface area contributed by atoms with Crippen molar-refractivity contribution in [1.29, 1.82) is 5.26 Å². The monoisotopic (exact) mass is 355 g/mol. The third-order valence-electron chi connectivity index (χ3n) is 2.10. The summed E-state index contributed by atoms with van der Waals surface area (Å²) < 4.78 is 6.67. The standard InChI is InChI=1S/C13H7ClINO/c14-10-3-6-12(15)13(7-10)17-11-4-1-9(8-16)2-5-11/h1-7H. The first-order valence-electron chi connectivity index (χ1n) is 4.82. The lowest BCUT2D eigenvalue weighted by Crippen LogP contribution is -1.87. The van der Waals surface area contributed by atoms with Gasteiger partial charge >= 0.3 is 0 Å². The summed E-state index contributed by atoms with van der Waals surface area (Å²) in [5.74, 6) is 1.40. The molecule has 0 aliphatic carbocycles. The maximum absolute atomic E-state index is 8.69. The van der Waals surface area contributed by atoms with Crippen molar-refractivity contribution in [2.24, 2.45) is 0 Å². The lowest BCUT2D eigenvalue weighted by atomic mass is 10.2. The van der Waals surface area contributed by atoms with Crippen LogP contribution in [0.1, 0.15) is 5.56 Å². The molecule has 0 radical (unpaired) electrons. The van der Waals surface area contributed by atoms with Gasteiger partial charge in [0.05, 0.1) is 15.2 Å². The van der Waals surface area contributed by atoms with E-state index in [1.54, 1.807) is 30.3 Å². The Morgan fingerprint density at radius 3 is 2.47 bits per heavy atom. The molecule has 0 saturated heterocycles. The maximum atomic E-state index is 8.69. The van der Waals surface area contributed by atoms with Gasteiger partial charge < -0.3 is 4.74 Å². The molecular formula is C13H7ClINO. The first kappa shape index (κ1) is 12.2. The Bertz CT molecular complexity index is 575. The van der Waals surface area contributed by atoms with E-state index in [-0.39, 0.29) is 0 Å². The quantitative estimate of drug-likeness (QED) is 0.737. The van der Waals surface area contributed by atoms with Crippen molar-refractivity contribution < 1.29 is 4.74 Å². The fraction of sp³-hybridized carbons (Fsp3) is 0. The average Bonchev–Trinajstić information content (AvgIpc) is 2.35. The SMILES string of the molecule is N#Cc1ccc(Oc2cc(Cl)ccc2I)cc1. The van der Waals surface area contributed by atoms with E-state index in [1.165, 1.54) is 0 Å². The molecule has 2 nitrogen and oxygen atoms in total. The van der Waals surface area contributed by atoms with Crippen molar-refractivity contribution in [1.82, 2.24) is 0 Å². The molecule has 0 amide bonds. The van der Waals surface area contributed by atoms with Crippen LogP contribution < -0.4 is 4.74 Å². The van der Waals surface area contributed by atoms with Gasteiger partial charge in [-0.15, -0.1) is 0 Å². The van der Waals surface area contributed by atoms with Gasteiger partial charge in [0.25, 0.3) is 0 Å². The molecule has 0 spiro atoms. The molecule has 0 aromatic heterocycles. The molecule has 0 saturated carbocycles. The highest BCUT2D eigenvalue weighted by molar-refractivity contribution is 14.1. The molecule has 0 N–H and O–H groups in total. The summed E-state index contributed by atoms with van der Waals surface area (Å²) in [4.78, 5) is 0. The van der Waals surface area contributed by atoms with Gasteiger partial charge in [-0.3, -0.25) is 0 Å². The van der Waals surface area contributed by atoms with Crippen LogP contribution in [0.4, 0.5) is 0 Å². The van der Waals surface area contributed by atoms with Crippen LogP contribution >= 0.6 is 34.2 Å². The van der Waals surface area contributed by atoms with Gasteiger partial charge in [0, 0.05) is 11.1 Å². The van der Waals surface area contributed by atoms with Gasteiger partial charge in [-0.1, -0.05) is 11.6 Å². The normalized spacial score (nSPS) is 9.71. The third kappa shape index (κ3) is 3.11. The molecule has 0 aliphatic rings. The fourth-order valence-corrected chi connectivity index (χ4v) is 1.89. The number of hydrogen-bond donors (Lipinski definition) is 0. The van der Waals surface area contributed by atoms with Crippen molar-refractivity contribution in [2.45, 2.75) is 0 Å². The second-order valence-electron chi connectivity index (χ2n) is 3.31. The summed E-state index contributed by atoms with van der Waals surface area (Å²) in [6.07, 6.45) is 0. The molecule has 17 heavy (non-hydrogen) atoms. The summed E-state index contributed by atoms with van der Waals surface area (Å²) in [7, 11) is 0. The van der Waals surface area contributed by atoms with Crippen LogP contribution in [-0.2, 0) is 0 Å². The summed E-state index contributed by atoms with van der Waals surface area (Å²) in [6.45, 7) is 0. The van der Waals surface area contributed by atoms with E-state index in [0.717, 1.165) is 3.57 Å². The largest absolute Gasteiger partial charge is 0.456 e. The average molecular weight is 356 g/mol. The van der Waals surface area contributed by atoms with Crippen LogP contribution in [0, 0.1) is 14.9 Å². The topological polar surface area (TPSA) is 33.0 Å². The zero-order valence-electron chi connectivity index (χ0n) is 8.65. The molecule has 0 fully saturated rings. The second-order valence-corrected chi connectivity index (χ2v) is 4.91. The van der Waals surface area contributed by atoms with Gasteiger partial charge in [-0.05, 0) is 59.0 Å². The number of nitrogens with zero attached hydrogens (tertiary/aromatic N) is 1. The van der Waals surface area contributed by atoms with Crippen molar-refractivity contribution in [3.05, 3.63) is 56.6 Å². The molecule has 4 heteroatoms. The molecular weight excluding hydrogens is 349 g/mol. The molecule has 0 unspecified atom stereocenters. The van der Waals surface area contributed by atoms with Crippen LogP contribution in [-0.4, -0.2) is 0 Å². The Hall–Kier alpha value is -1.25. The van der Waals surface area contributed by atoms with Crippen molar-refractivity contribution in [2.75, 3.05) is 0 Å². The lowest BCUT2D eigenvalue weighted by Gasteiger charge is -2.07. The lowest BCUT2D eigenvalue weighted by molar-refractivity contribution is 0.479. The summed E-state index contributed by atoms with van der Waals surface area (Å²) >= 11 is 8.09. The predicted octanol–water partition coefficient (Wildman–Crippen LogP) is 4.61. The van der Waals surface area contributed by atoms with E-state index in [1.807, 2.05) is 12.1 Å². The number of nitriles is 1. The zero-order chi connectivity index (χ0) is 12.3. The van der Waals surface area contributed by atoms with Gasteiger partial charge in [-0.25, -0.2) is 0 Å². The van der Waals surface area contributed by atoms with Crippen molar-refractivity contribution in [3.8, 4) is 17.6 Å². The van der Waals surface area contributed by atoms with E-state index in [2.05, 4.69) is 28.7 Å². The van der Waals surface area contributed by atoms with E-state index in [4.69, 9.17) is 21.6 Å². The van der Waals surface area contributed by atoms with Gasteiger partial charge in [0.1, 0.15) is 11.5 Å². The maximum Gasteiger partial charge on any atom is 0.142 e. The highest BCUT2D eigenvalue weighted by atomic mass is 127. The molecule has 0 heterocycles. The van der Waals surface area contributed by atoms with Gasteiger partial charge in [0.2, 0.25) is 0 Å². The Labute approximate surface area is 118 Å². The van der Waals surface area contributed by atoms with E-state index in [9.17, 15) is 0 Å². The number of hydrogen-bond acceptors (Lipinski definition) is 2. The second kappa shape index (κ2) is 5.39. The summed E-state index contributed by atoms with van der Waals surface area (Å²) in [5.41, 5.74) is 0.609. The van der Waals surface area contributed by atoms with Crippen LogP contribution in [0.25, 0.3) is 0 Å². The van der Waals surface area contributed by atoms with Crippen LogP contribution in [0.3, 0.4) is 0 Å². The Morgan fingerprint density at radius 2 is 1.82 bits per heavy atom.